The second kappa shape index (κ2) is 6.41. The van der Waals surface area contributed by atoms with Gasteiger partial charge in [-0.3, -0.25) is 10.1 Å². The van der Waals surface area contributed by atoms with Crippen LogP contribution in [0.15, 0.2) is 34.8 Å². The van der Waals surface area contributed by atoms with E-state index < -0.39 is 4.92 Å². The first-order chi connectivity index (χ1) is 9.88. The van der Waals surface area contributed by atoms with Crippen molar-refractivity contribution in [3.63, 3.8) is 0 Å². The summed E-state index contributed by atoms with van der Waals surface area (Å²) in [6.45, 7) is 2.08. The van der Waals surface area contributed by atoms with Gasteiger partial charge in [0, 0.05) is 29.4 Å². The van der Waals surface area contributed by atoms with E-state index in [1.54, 1.807) is 13.0 Å². The van der Waals surface area contributed by atoms with Crippen LogP contribution >= 0.6 is 27.5 Å². The van der Waals surface area contributed by atoms with Crippen LogP contribution in [-0.4, -0.2) is 4.92 Å². The molecule has 0 bridgehead atoms. The van der Waals surface area contributed by atoms with Crippen molar-refractivity contribution in [2.24, 2.45) is 0 Å². The lowest BCUT2D eigenvalue weighted by atomic mass is 10.1. The Labute approximate surface area is 134 Å². The van der Waals surface area contributed by atoms with Crippen LogP contribution < -0.4 is 5.32 Å². The third kappa shape index (κ3) is 3.71. The smallest absolute Gasteiger partial charge is 0.269 e. The van der Waals surface area contributed by atoms with Gasteiger partial charge in [-0.05, 0) is 52.2 Å². The van der Waals surface area contributed by atoms with Crippen molar-refractivity contribution >= 4 is 38.9 Å². The summed E-state index contributed by atoms with van der Waals surface area (Å²) in [6, 6.07) is 7.29. The lowest BCUT2D eigenvalue weighted by Gasteiger charge is -2.11. The summed E-state index contributed by atoms with van der Waals surface area (Å²) in [4.78, 5) is 10.3. The number of rotatable bonds is 4. The molecule has 0 saturated heterocycles. The summed E-state index contributed by atoms with van der Waals surface area (Å²) < 4.78 is 13.7. The van der Waals surface area contributed by atoms with E-state index in [9.17, 15) is 14.5 Å². The Morgan fingerprint density at radius 1 is 1.38 bits per heavy atom. The Morgan fingerprint density at radius 3 is 2.76 bits per heavy atom. The molecule has 7 heteroatoms. The van der Waals surface area contributed by atoms with Gasteiger partial charge in [-0.25, -0.2) is 4.39 Å². The van der Waals surface area contributed by atoms with E-state index >= 15 is 0 Å². The highest BCUT2D eigenvalue weighted by molar-refractivity contribution is 9.10. The molecule has 0 radical (unpaired) electrons. The maximum Gasteiger partial charge on any atom is 0.269 e. The number of halogens is 3. The van der Waals surface area contributed by atoms with Crippen molar-refractivity contribution in [1.29, 1.82) is 0 Å². The lowest BCUT2D eigenvalue weighted by molar-refractivity contribution is -0.384. The van der Waals surface area contributed by atoms with Crippen LogP contribution in [0.25, 0.3) is 0 Å². The molecule has 1 N–H and O–H groups in total. The average molecular weight is 374 g/mol. The average Bonchev–Trinajstić information content (AvgIpc) is 2.42. The molecule has 0 amide bonds. The number of non-ortho nitro benzene ring substituents is 1. The standard InChI is InChI=1S/C14H11BrClFN2O2/c1-8-4-13(17)11(15)6-14(8)18-7-9-5-10(19(20)21)2-3-12(9)16/h2-6,18H,7H2,1H3. The number of benzene rings is 2. The van der Waals surface area contributed by atoms with Crippen LogP contribution in [0, 0.1) is 22.9 Å². The van der Waals surface area contributed by atoms with E-state index in [1.165, 1.54) is 24.3 Å². The quantitative estimate of drug-likeness (QED) is 0.601. The zero-order valence-electron chi connectivity index (χ0n) is 11.0. The fourth-order valence-electron chi connectivity index (χ4n) is 1.84. The molecule has 0 spiro atoms. The maximum absolute atomic E-state index is 13.4. The summed E-state index contributed by atoms with van der Waals surface area (Å²) in [6.07, 6.45) is 0. The van der Waals surface area contributed by atoms with Crippen molar-refractivity contribution in [3.05, 3.63) is 66.9 Å². The minimum atomic E-state index is -0.473. The number of anilines is 1. The van der Waals surface area contributed by atoms with Gasteiger partial charge < -0.3 is 5.32 Å². The van der Waals surface area contributed by atoms with Gasteiger partial charge >= 0.3 is 0 Å². The monoisotopic (exact) mass is 372 g/mol. The zero-order valence-corrected chi connectivity index (χ0v) is 13.3. The van der Waals surface area contributed by atoms with E-state index in [-0.39, 0.29) is 11.5 Å². The van der Waals surface area contributed by atoms with Crippen LogP contribution in [0.3, 0.4) is 0 Å². The Hall–Kier alpha value is -1.66. The van der Waals surface area contributed by atoms with Crippen molar-refractivity contribution in [1.82, 2.24) is 0 Å². The highest BCUT2D eigenvalue weighted by Gasteiger charge is 2.11. The molecule has 0 aromatic heterocycles. The van der Waals surface area contributed by atoms with Gasteiger partial charge in [-0.1, -0.05) is 11.6 Å². The summed E-state index contributed by atoms with van der Waals surface area (Å²) in [5, 5.41) is 14.3. The summed E-state index contributed by atoms with van der Waals surface area (Å²) in [5.74, 6) is -0.341. The molecule has 0 atom stereocenters. The second-order valence-corrected chi connectivity index (χ2v) is 5.73. The molecule has 4 nitrogen and oxygen atoms in total. The molecular formula is C14H11BrClFN2O2. The summed E-state index contributed by atoms with van der Waals surface area (Å²) >= 11 is 9.15. The van der Waals surface area contributed by atoms with Gasteiger partial charge in [0.15, 0.2) is 0 Å². The number of aryl methyl sites for hydroxylation is 1. The first-order valence-corrected chi connectivity index (χ1v) is 7.18. The van der Waals surface area contributed by atoms with E-state index in [4.69, 9.17) is 11.6 Å². The van der Waals surface area contributed by atoms with Crippen LogP contribution in [-0.2, 0) is 6.54 Å². The normalized spacial score (nSPS) is 10.5. The van der Waals surface area contributed by atoms with E-state index in [0.717, 1.165) is 11.3 Å². The number of nitrogens with one attached hydrogen (secondary N) is 1. The van der Waals surface area contributed by atoms with E-state index in [0.29, 0.717) is 21.6 Å². The number of nitro groups is 1. The van der Waals surface area contributed by atoms with Crippen LogP contribution in [0.1, 0.15) is 11.1 Å². The van der Waals surface area contributed by atoms with E-state index in [2.05, 4.69) is 21.2 Å². The fourth-order valence-corrected chi connectivity index (χ4v) is 2.37. The van der Waals surface area contributed by atoms with Crippen LogP contribution in [0.5, 0.6) is 0 Å². The SMILES string of the molecule is Cc1cc(F)c(Br)cc1NCc1cc([N+](=O)[O-])ccc1Cl. The maximum atomic E-state index is 13.4. The molecule has 0 aliphatic rings. The molecular weight excluding hydrogens is 363 g/mol. The predicted molar refractivity (Wildman–Crippen MR) is 84.3 cm³/mol. The third-order valence-electron chi connectivity index (χ3n) is 2.98. The first kappa shape index (κ1) is 15.7. The third-order valence-corrected chi connectivity index (χ3v) is 3.95. The molecule has 110 valence electrons. The van der Waals surface area contributed by atoms with Crippen molar-refractivity contribution in [2.75, 3.05) is 5.32 Å². The number of nitro benzene ring substituents is 1. The molecule has 0 unspecified atom stereocenters. The highest BCUT2D eigenvalue weighted by Crippen LogP contribution is 2.27. The Balaban J connectivity index is 2.22. The van der Waals surface area contributed by atoms with E-state index in [1.807, 2.05) is 0 Å². The number of hydrogen-bond acceptors (Lipinski definition) is 3. The van der Waals surface area contributed by atoms with Gasteiger partial charge in [0.1, 0.15) is 5.82 Å². The minimum absolute atomic E-state index is 0.0202. The van der Waals surface area contributed by atoms with Crippen LogP contribution in [0.2, 0.25) is 5.02 Å². The number of nitrogens with zero attached hydrogens (tertiary/aromatic N) is 1. The lowest BCUT2D eigenvalue weighted by Crippen LogP contribution is -2.03. The zero-order chi connectivity index (χ0) is 15.6. The molecule has 2 aromatic carbocycles. The fraction of sp³-hybridized carbons (Fsp3) is 0.143. The Bertz CT molecular complexity index is 710. The topological polar surface area (TPSA) is 55.2 Å². The molecule has 0 aliphatic heterocycles. The van der Waals surface area contributed by atoms with Gasteiger partial charge in [-0.2, -0.15) is 0 Å². The Morgan fingerprint density at radius 2 is 2.10 bits per heavy atom. The van der Waals surface area contributed by atoms with Gasteiger partial charge in [0.2, 0.25) is 0 Å². The molecule has 0 aliphatic carbocycles. The molecule has 2 aromatic rings. The molecule has 0 heterocycles. The van der Waals surface area contributed by atoms with Crippen molar-refractivity contribution in [2.45, 2.75) is 13.5 Å². The molecule has 0 saturated carbocycles. The van der Waals surface area contributed by atoms with Gasteiger partial charge in [-0.15, -0.1) is 0 Å². The minimum Gasteiger partial charge on any atom is -0.381 e. The van der Waals surface area contributed by atoms with Crippen molar-refractivity contribution in [3.8, 4) is 0 Å². The summed E-state index contributed by atoms with van der Waals surface area (Å²) in [7, 11) is 0. The molecule has 2 rings (SSSR count). The van der Waals surface area contributed by atoms with Gasteiger partial charge in [0.25, 0.3) is 5.69 Å². The predicted octanol–water partition coefficient (Wildman–Crippen LogP) is 5.07. The van der Waals surface area contributed by atoms with Crippen molar-refractivity contribution < 1.29 is 9.31 Å². The first-order valence-electron chi connectivity index (χ1n) is 6.01. The second-order valence-electron chi connectivity index (χ2n) is 4.47. The highest BCUT2D eigenvalue weighted by atomic mass is 79.9. The molecule has 0 fully saturated rings. The number of hydrogen-bond donors (Lipinski definition) is 1. The van der Waals surface area contributed by atoms with Gasteiger partial charge in [0.05, 0.1) is 9.40 Å². The summed E-state index contributed by atoms with van der Waals surface area (Å²) in [5.41, 5.74) is 2.04. The Kier molecular flexibility index (Phi) is 4.80. The molecule has 21 heavy (non-hydrogen) atoms. The van der Waals surface area contributed by atoms with Crippen LogP contribution in [0.4, 0.5) is 15.8 Å². The largest absolute Gasteiger partial charge is 0.381 e.